The number of rotatable bonds is 8. The Bertz CT molecular complexity index is 1000. The zero-order valence-corrected chi connectivity index (χ0v) is 17.9. The van der Waals surface area contributed by atoms with Gasteiger partial charge in [-0.3, -0.25) is 9.36 Å². The van der Waals surface area contributed by atoms with E-state index in [1.165, 1.54) is 11.8 Å². The van der Waals surface area contributed by atoms with Crippen molar-refractivity contribution in [3.8, 4) is 11.4 Å². The molecular formula is C21H22ClN5OS. The molecule has 0 aliphatic carbocycles. The number of halogens is 1. The average molecular weight is 428 g/mol. The summed E-state index contributed by atoms with van der Waals surface area (Å²) in [5.41, 5.74) is 2.70. The van der Waals surface area contributed by atoms with Crippen molar-refractivity contribution in [3.05, 3.63) is 66.2 Å². The van der Waals surface area contributed by atoms with Crippen molar-refractivity contribution in [3.63, 3.8) is 0 Å². The van der Waals surface area contributed by atoms with Gasteiger partial charge in [0, 0.05) is 42.6 Å². The van der Waals surface area contributed by atoms with E-state index in [9.17, 15) is 4.79 Å². The maximum atomic E-state index is 12.4. The molecule has 1 N–H and O–H groups in total. The third-order valence-electron chi connectivity index (χ3n) is 4.11. The summed E-state index contributed by atoms with van der Waals surface area (Å²) >= 11 is 7.43. The lowest BCUT2D eigenvalue weighted by Crippen LogP contribution is -2.15. The molecule has 0 spiro atoms. The number of hydrogen-bond acceptors (Lipinski definition) is 5. The molecule has 0 unspecified atom stereocenters. The van der Waals surface area contributed by atoms with Crippen LogP contribution in [0.1, 0.15) is 0 Å². The van der Waals surface area contributed by atoms with E-state index in [4.69, 9.17) is 11.6 Å². The van der Waals surface area contributed by atoms with E-state index < -0.39 is 0 Å². The molecule has 1 heterocycles. The maximum absolute atomic E-state index is 12.4. The lowest BCUT2D eigenvalue weighted by Gasteiger charge is -2.13. The van der Waals surface area contributed by atoms with Crippen LogP contribution in [0.25, 0.3) is 11.4 Å². The summed E-state index contributed by atoms with van der Waals surface area (Å²) < 4.78 is 1.92. The maximum Gasteiger partial charge on any atom is 0.234 e. The predicted molar refractivity (Wildman–Crippen MR) is 121 cm³/mol. The first-order valence-electron chi connectivity index (χ1n) is 8.98. The van der Waals surface area contributed by atoms with E-state index in [-0.39, 0.29) is 11.7 Å². The Morgan fingerprint density at radius 3 is 2.66 bits per heavy atom. The molecule has 0 aliphatic rings. The Kier molecular flexibility index (Phi) is 6.95. The van der Waals surface area contributed by atoms with Gasteiger partial charge in [0.15, 0.2) is 11.0 Å². The Hall–Kier alpha value is -2.77. The molecule has 8 heteroatoms. The Morgan fingerprint density at radius 2 is 2.00 bits per heavy atom. The number of nitrogens with zero attached hydrogens (tertiary/aromatic N) is 4. The van der Waals surface area contributed by atoms with E-state index >= 15 is 0 Å². The molecule has 150 valence electrons. The van der Waals surface area contributed by atoms with Crippen LogP contribution < -0.4 is 10.2 Å². The smallest absolute Gasteiger partial charge is 0.234 e. The lowest BCUT2D eigenvalue weighted by atomic mass is 10.2. The highest BCUT2D eigenvalue weighted by Crippen LogP contribution is 2.26. The minimum atomic E-state index is -0.106. The van der Waals surface area contributed by atoms with Gasteiger partial charge in [0.1, 0.15) is 0 Å². The second kappa shape index (κ2) is 9.62. The van der Waals surface area contributed by atoms with E-state index in [1.807, 2.05) is 72.1 Å². The standard InChI is InChI=1S/C21H22ClN5OS/c1-4-12-27-20(15-6-5-7-16(22)13-15)24-25-21(27)29-14-19(28)23-17-8-10-18(11-9-17)26(2)3/h4-11,13H,1,12,14H2,2-3H3,(H,23,28). The fourth-order valence-electron chi connectivity index (χ4n) is 2.70. The highest BCUT2D eigenvalue weighted by Gasteiger charge is 2.15. The van der Waals surface area contributed by atoms with Crippen molar-refractivity contribution in [2.45, 2.75) is 11.7 Å². The number of hydrogen-bond donors (Lipinski definition) is 1. The summed E-state index contributed by atoms with van der Waals surface area (Å²) in [6.07, 6.45) is 1.77. The van der Waals surface area contributed by atoms with Gasteiger partial charge >= 0.3 is 0 Å². The molecule has 29 heavy (non-hydrogen) atoms. The van der Waals surface area contributed by atoms with Crippen LogP contribution in [0.3, 0.4) is 0 Å². The fraction of sp³-hybridized carbons (Fsp3) is 0.190. The number of nitrogens with one attached hydrogen (secondary N) is 1. The largest absolute Gasteiger partial charge is 0.378 e. The van der Waals surface area contributed by atoms with E-state index in [2.05, 4.69) is 22.1 Å². The first-order chi connectivity index (χ1) is 14.0. The molecule has 0 saturated carbocycles. The molecule has 6 nitrogen and oxygen atoms in total. The highest BCUT2D eigenvalue weighted by atomic mass is 35.5. The van der Waals surface area contributed by atoms with E-state index in [0.717, 1.165) is 16.9 Å². The van der Waals surface area contributed by atoms with Crippen LogP contribution >= 0.6 is 23.4 Å². The molecule has 0 fully saturated rings. The van der Waals surface area contributed by atoms with Crippen LogP contribution in [-0.2, 0) is 11.3 Å². The Labute approximate surface area is 179 Å². The molecule has 2 aromatic carbocycles. The van der Waals surface area contributed by atoms with Crippen LogP contribution in [0, 0.1) is 0 Å². The van der Waals surface area contributed by atoms with Crippen LogP contribution in [0.2, 0.25) is 5.02 Å². The van der Waals surface area contributed by atoms with Crippen LogP contribution in [0.15, 0.2) is 66.3 Å². The molecule has 3 aromatic rings. The highest BCUT2D eigenvalue weighted by molar-refractivity contribution is 7.99. The molecule has 0 saturated heterocycles. The Morgan fingerprint density at radius 1 is 1.24 bits per heavy atom. The van der Waals surface area contributed by atoms with E-state index in [0.29, 0.717) is 22.5 Å². The molecule has 1 amide bonds. The number of carbonyl (C=O) groups excluding carboxylic acids is 1. The summed E-state index contributed by atoms with van der Waals surface area (Å²) in [6.45, 7) is 4.34. The monoisotopic (exact) mass is 427 g/mol. The first-order valence-corrected chi connectivity index (χ1v) is 10.3. The third-order valence-corrected chi connectivity index (χ3v) is 5.31. The lowest BCUT2D eigenvalue weighted by molar-refractivity contribution is -0.113. The van der Waals surface area contributed by atoms with E-state index in [1.54, 1.807) is 6.08 Å². The summed E-state index contributed by atoms with van der Waals surface area (Å²) in [6, 6.07) is 15.1. The molecule has 0 bridgehead atoms. The minimum absolute atomic E-state index is 0.106. The summed E-state index contributed by atoms with van der Waals surface area (Å²) in [4.78, 5) is 14.4. The summed E-state index contributed by atoms with van der Waals surface area (Å²) in [5.74, 6) is 0.805. The van der Waals surface area contributed by atoms with Gasteiger partial charge < -0.3 is 10.2 Å². The van der Waals surface area contributed by atoms with Crippen LogP contribution in [-0.4, -0.2) is 40.5 Å². The summed E-state index contributed by atoms with van der Waals surface area (Å²) in [7, 11) is 3.95. The van der Waals surface area contributed by atoms with Crippen LogP contribution in [0.4, 0.5) is 11.4 Å². The van der Waals surface area contributed by atoms with Crippen molar-refractivity contribution >= 4 is 40.6 Å². The fourth-order valence-corrected chi connectivity index (χ4v) is 3.64. The van der Waals surface area contributed by atoms with Gasteiger partial charge in [0.05, 0.1) is 5.75 Å². The van der Waals surface area contributed by atoms with Gasteiger partial charge in [0.25, 0.3) is 0 Å². The molecule has 0 atom stereocenters. The minimum Gasteiger partial charge on any atom is -0.378 e. The molecule has 0 radical (unpaired) electrons. The normalized spacial score (nSPS) is 10.6. The number of benzene rings is 2. The SMILES string of the molecule is C=CCn1c(SCC(=O)Nc2ccc(N(C)C)cc2)nnc1-c1cccc(Cl)c1. The predicted octanol–water partition coefficient (Wildman–Crippen LogP) is 4.58. The number of anilines is 2. The van der Waals surface area contributed by atoms with Crippen molar-refractivity contribution in [2.24, 2.45) is 0 Å². The van der Waals surface area contributed by atoms with Crippen molar-refractivity contribution in [1.82, 2.24) is 14.8 Å². The van der Waals surface area contributed by atoms with Gasteiger partial charge in [-0.05, 0) is 36.4 Å². The topological polar surface area (TPSA) is 63.1 Å². The van der Waals surface area contributed by atoms with Gasteiger partial charge in [-0.25, -0.2) is 0 Å². The zero-order chi connectivity index (χ0) is 20.8. The van der Waals surface area contributed by atoms with Crippen molar-refractivity contribution < 1.29 is 4.79 Å². The van der Waals surface area contributed by atoms with Gasteiger partial charge in [-0.2, -0.15) is 0 Å². The number of allylic oxidation sites excluding steroid dienone is 1. The number of thioether (sulfide) groups is 1. The quantitative estimate of drug-likeness (QED) is 0.421. The summed E-state index contributed by atoms with van der Waals surface area (Å²) in [5, 5.41) is 12.7. The molecule has 3 rings (SSSR count). The second-order valence-corrected chi connectivity index (χ2v) is 7.87. The number of amides is 1. The van der Waals surface area contributed by atoms with Gasteiger partial charge in [-0.1, -0.05) is 41.6 Å². The van der Waals surface area contributed by atoms with Gasteiger partial charge in [-0.15, -0.1) is 16.8 Å². The second-order valence-electron chi connectivity index (χ2n) is 6.49. The number of aromatic nitrogens is 3. The van der Waals surface area contributed by atoms with Gasteiger partial charge in [0.2, 0.25) is 5.91 Å². The zero-order valence-electron chi connectivity index (χ0n) is 16.3. The first kappa shape index (κ1) is 21.0. The van der Waals surface area contributed by atoms with Crippen molar-refractivity contribution in [2.75, 3.05) is 30.1 Å². The Balaban J connectivity index is 1.68. The number of carbonyl (C=O) groups is 1. The third kappa shape index (κ3) is 5.40. The molecular weight excluding hydrogens is 406 g/mol. The average Bonchev–Trinajstić information content (AvgIpc) is 3.10. The van der Waals surface area contributed by atoms with Crippen molar-refractivity contribution in [1.29, 1.82) is 0 Å². The van der Waals surface area contributed by atoms with Crippen LogP contribution in [0.5, 0.6) is 0 Å². The molecule has 1 aromatic heterocycles. The molecule has 0 aliphatic heterocycles.